The molecule has 1 aromatic heterocycles. The number of aryl methyl sites for hydroxylation is 1. The van der Waals surface area contributed by atoms with Crippen LogP contribution < -0.4 is 15.4 Å². The maximum absolute atomic E-state index is 14.2. The van der Waals surface area contributed by atoms with Crippen LogP contribution in [0.15, 0.2) is 46.9 Å². The van der Waals surface area contributed by atoms with Crippen LogP contribution in [0.25, 0.3) is 11.1 Å². The molecule has 0 radical (unpaired) electrons. The molecule has 2 aromatic carbocycles. The number of sulfonamides is 1. The smallest absolute Gasteiger partial charge is 0.266 e. The van der Waals surface area contributed by atoms with Crippen LogP contribution in [0.1, 0.15) is 67.3 Å². The molecule has 3 heterocycles. The van der Waals surface area contributed by atoms with E-state index in [-0.39, 0.29) is 31.9 Å². The molecule has 14 heteroatoms. The first-order chi connectivity index (χ1) is 22.9. The van der Waals surface area contributed by atoms with Crippen LogP contribution in [0.2, 0.25) is 5.02 Å². The summed E-state index contributed by atoms with van der Waals surface area (Å²) in [5.74, 6) is -1.26. The lowest BCUT2D eigenvalue weighted by molar-refractivity contribution is -0.140. The van der Waals surface area contributed by atoms with E-state index >= 15 is 0 Å². The second-order valence-electron chi connectivity index (χ2n) is 12.8. The van der Waals surface area contributed by atoms with E-state index in [0.717, 1.165) is 43.3 Å². The van der Waals surface area contributed by atoms with Crippen LogP contribution in [0, 0.1) is 12.8 Å². The van der Waals surface area contributed by atoms with Crippen LogP contribution in [-0.4, -0.2) is 86.0 Å². The van der Waals surface area contributed by atoms with E-state index in [9.17, 15) is 22.8 Å². The number of likely N-dealkylation sites (tertiary alicyclic amines) is 1. The molecule has 3 aromatic rings. The summed E-state index contributed by atoms with van der Waals surface area (Å²) in [6.45, 7) is 5.74. The predicted octanol–water partition coefficient (Wildman–Crippen LogP) is 3.75. The van der Waals surface area contributed by atoms with Gasteiger partial charge in [0, 0.05) is 18.0 Å². The number of aromatic nitrogens is 1. The Bertz CT molecular complexity index is 1710. The monoisotopic (exact) mass is 701 g/mol. The normalized spacial score (nSPS) is 20.1. The summed E-state index contributed by atoms with van der Waals surface area (Å²) in [5.41, 5.74) is 2.84. The van der Waals surface area contributed by atoms with Crippen LogP contribution >= 0.6 is 11.6 Å². The fourth-order valence-electron chi connectivity index (χ4n) is 6.38. The van der Waals surface area contributed by atoms with Crippen molar-refractivity contribution in [3.8, 4) is 0 Å². The molecule has 260 valence electrons. The minimum Gasteiger partial charge on any atom is -0.434 e. The van der Waals surface area contributed by atoms with Crippen LogP contribution in [0.3, 0.4) is 0 Å². The molecule has 0 saturated carbocycles. The minimum atomic E-state index is -3.75. The zero-order chi connectivity index (χ0) is 34.4. The number of benzene rings is 2. The first-order valence-corrected chi connectivity index (χ1v) is 18.7. The molecule has 0 unspecified atom stereocenters. The van der Waals surface area contributed by atoms with Crippen molar-refractivity contribution in [1.29, 1.82) is 0 Å². The maximum atomic E-state index is 14.2. The second kappa shape index (κ2) is 15.9. The number of fused-ring (bicyclic) bond motifs is 1. The van der Waals surface area contributed by atoms with E-state index in [1.54, 1.807) is 25.1 Å². The number of oxazole rings is 1. The summed E-state index contributed by atoms with van der Waals surface area (Å²) in [6.07, 6.45) is 3.78. The average molecular weight is 702 g/mol. The van der Waals surface area contributed by atoms with Crippen molar-refractivity contribution in [2.24, 2.45) is 5.92 Å². The molecule has 5 rings (SSSR count). The third kappa shape index (κ3) is 9.41. The zero-order valence-electron chi connectivity index (χ0n) is 27.5. The maximum Gasteiger partial charge on any atom is 0.266 e. The van der Waals surface area contributed by atoms with Gasteiger partial charge in [-0.1, -0.05) is 36.7 Å². The lowest BCUT2D eigenvalue weighted by Crippen LogP contribution is -2.55. The van der Waals surface area contributed by atoms with Crippen molar-refractivity contribution in [3.63, 3.8) is 0 Å². The molecule has 0 bridgehead atoms. The van der Waals surface area contributed by atoms with Gasteiger partial charge in [0.05, 0.1) is 25.0 Å². The van der Waals surface area contributed by atoms with Crippen molar-refractivity contribution in [3.05, 3.63) is 64.5 Å². The molecular formula is C34H44ClN5O7S. The first kappa shape index (κ1) is 35.9. The topological polar surface area (TPSA) is 160 Å². The van der Waals surface area contributed by atoms with Gasteiger partial charge in [-0.05, 0) is 93.4 Å². The summed E-state index contributed by atoms with van der Waals surface area (Å²) in [5, 5.41) is 6.73. The molecular weight excluding hydrogens is 658 g/mol. The Hall–Kier alpha value is -3.36. The molecule has 2 amide bonds. The quantitative estimate of drug-likeness (QED) is 0.213. The SMILES string of the molecule is CC[C@H](NC(=O)[C@@H]1C[C@@H](OCc2ccc(Cl)cc2)CN1C(=O)[C@@H](CCC1CCNCC1)NS(C)(=O)=O)C(=O)c1nc2cc(C)ccc2o1. The highest BCUT2D eigenvalue weighted by Crippen LogP contribution is 2.26. The Morgan fingerprint density at radius 2 is 1.85 bits per heavy atom. The van der Waals surface area contributed by atoms with Gasteiger partial charge in [0.25, 0.3) is 5.89 Å². The van der Waals surface area contributed by atoms with Gasteiger partial charge in [-0.2, -0.15) is 0 Å². The summed E-state index contributed by atoms with van der Waals surface area (Å²) in [7, 11) is -3.75. The van der Waals surface area contributed by atoms with Gasteiger partial charge in [-0.25, -0.2) is 18.1 Å². The van der Waals surface area contributed by atoms with E-state index in [2.05, 4.69) is 20.3 Å². The fraction of sp³-hybridized carbons (Fsp3) is 0.529. The third-order valence-electron chi connectivity index (χ3n) is 9.02. The number of piperidine rings is 1. The average Bonchev–Trinajstić information content (AvgIpc) is 3.69. The van der Waals surface area contributed by atoms with Crippen molar-refractivity contribution < 1.29 is 32.0 Å². The highest BCUT2D eigenvalue weighted by molar-refractivity contribution is 7.88. The molecule has 2 fully saturated rings. The van der Waals surface area contributed by atoms with Gasteiger partial charge in [-0.15, -0.1) is 0 Å². The fourth-order valence-corrected chi connectivity index (χ4v) is 7.24. The molecule has 3 N–H and O–H groups in total. The lowest BCUT2D eigenvalue weighted by Gasteiger charge is -2.30. The molecule has 12 nitrogen and oxygen atoms in total. The Labute approximate surface area is 286 Å². The lowest BCUT2D eigenvalue weighted by atomic mass is 9.91. The number of ketones is 1. The number of rotatable bonds is 14. The van der Waals surface area contributed by atoms with Gasteiger partial charge in [0.15, 0.2) is 5.58 Å². The number of carbonyl (C=O) groups is 3. The van der Waals surface area contributed by atoms with E-state index in [4.69, 9.17) is 20.8 Å². The Kier molecular flexibility index (Phi) is 11.9. The Morgan fingerprint density at radius 3 is 2.54 bits per heavy atom. The number of nitrogens with zero attached hydrogens (tertiary/aromatic N) is 2. The number of Topliss-reactive ketones (excluding diaryl/α,β-unsaturated/α-hetero) is 1. The van der Waals surface area contributed by atoms with Crippen molar-refractivity contribution in [2.45, 2.75) is 83.2 Å². The van der Waals surface area contributed by atoms with Crippen LogP contribution in [-0.2, 0) is 31.0 Å². The van der Waals surface area contributed by atoms with E-state index in [0.29, 0.717) is 34.9 Å². The predicted molar refractivity (Wildman–Crippen MR) is 182 cm³/mol. The van der Waals surface area contributed by atoms with Gasteiger partial charge in [-0.3, -0.25) is 14.4 Å². The molecule has 2 saturated heterocycles. The molecule has 2 aliphatic heterocycles. The highest BCUT2D eigenvalue weighted by Gasteiger charge is 2.43. The number of hydrogen-bond acceptors (Lipinski definition) is 9. The number of ether oxygens (including phenoxy) is 1. The van der Waals surface area contributed by atoms with Gasteiger partial charge < -0.3 is 24.7 Å². The van der Waals surface area contributed by atoms with Crippen molar-refractivity contribution in [2.75, 3.05) is 25.9 Å². The summed E-state index contributed by atoms with van der Waals surface area (Å²) < 4.78 is 39.2. The number of halogens is 1. The minimum absolute atomic E-state index is 0.0784. The summed E-state index contributed by atoms with van der Waals surface area (Å²) in [6, 6.07) is 9.59. The third-order valence-corrected chi connectivity index (χ3v) is 9.98. The molecule has 2 aliphatic rings. The molecule has 48 heavy (non-hydrogen) atoms. The van der Waals surface area contributed by atoms with E-state index in [1.807, 2.05) is 31.2 Å². The van der Waals surface area contributed by atoms with E-state index in [1.165, 1.54) is 4.90 Å². The molecule has 4 atom stereocenters. The summed E-state index contributed by atoms with van der Waals surface area (Å²) in [4.78, 5) is 47.3. The van der Waals surface area contributed by atoms with Gasteiger partial charge in [0.1, 0.15) is 17.6 Å². The molecule has 0 aliphatic carbocycles. The number of nitrogens with one attached hydrogen (secondary N) is 3. The zero-order valence-corrected chi connectivity index (χ0v) is 29.1. The highest BCUT2D eigenvalue weighted by atomic mass is 35.5. The first-order valence-electron chi connectivity index (χ1n) is 16.5. The van der Waals surface area contributed by atoms with Crippen LogP contribution in [0.4, 0.5) is 0 Å². The molecule has 0 spiro atoms. The van der Waals surface area contributed by atoms with Crippen molar-refractivity contribution >= 4 is 50.3 Å². The van der Waals surface area contributed by atoms with Crippen molar-refractivity contribution in [1.82, 2.24) is 25.2 Å². The summed E-state index contributed by atoms with van der Waals surface area (Å²) >= 11 is 6.02. The van der Waals surface area contributed by atoms with E-state index < -0.39 is 51.9 Å². The second-order valence-corrected chi connectivity index (χ2v) is 15.1. The largest absolute Gasteiger partial charge is 0.434 e. The standard InChI is InChI=1S/C34H44ClN5O7S/c1-4-26(31(41)33-38-28-17-21(2)5-12-30(28)47-33)37-32(42)29-18-25(46-20-23-6-9-24(35)10-7-23)19-40(29)34(43)27(39-48(3,44)45)11-8-22-13-15-36-16-14-22/h5-7,9-10,12,17,22,25-27,29,36,39H,4,8,11,13-16,18-20H2,1-3H3,(H,37,42)/t25-,26+,27-,29+/m1/s1. The Morgan fingerprint density at radius 1 is 1.12 bits per heavy atom. The number of amides is 2. The number of carbonyl (C=O) groups excluding carboxylic acids is 3. The van der Waals surface area contributed by atoms with Gasteiger partial charge in [0.2, 0.25) is 27.6 Å². The van der Waals surface area contributed by atoms with Crippen LogP contribution in [0.5, 0.6) is 0 Å². The number of hydrogen-bond donors (Lipinski definition) is 3. The van der Waals surface area contributed by atoms with Gasteiger partial charge >= 0.3 is 0 Å². The Balaban J connectivity index is 1.34.